The minimum absolute atomic E-state index is 0.164. The Hall–Kier alpha value is -1.70. The number of allylic oxidation sites excluding steroid dienone is 1. The summed E-state index contributed by atoms with van der Waals surface area (Å²) in [6.07, 6.45) is 3.17. The van der Waals surface area contributed by atoms with E-state index in [9.17, 15) is 5.26 Å². The van der Waals surface area contributed by atoms with E-state index in [0.29, 0.717) is 9.93 Å². The second-order valence-electron chi connectivity index (χ2n) is 5.53. The normalized spacial score (nSPS) is 13.2. The van der Waals surface area contributed by atoms with Gasteiger partial charge in [-0.1, -0.05) is 62.3 Å². The molecule has 0 fully saturated rings. The van der Waals surface area contributed by atoms with E-state index < -0.39 is 9.21 Å². The van der Waals surface area contributed by atoms with Crippen LogP contribution in [0.5, 0.6) is 0 Å². The molecule has 5 heteroatoms. The molecule has 0 aliphatic carbocycles. The smallest absolute Gasteiger partial charge is 0.107 e. The van der Waals surface area contributed by atoms with Gasteiger partial charge >= 0.3 is 0 Å². The van der Waals surface area contributed by atoms with Gasteiger partial charge in [0.2, 0.25) is 0 Å². The van der Waals surface area contributed by atoms with Gasteiger partial charge in [-0.05, 0) is 6.07 Å². The topological polar surface area (TPSA) is 48.2 Å². The van der Waals surface area contributed by atoms with Crippen molar-refractivity contribution in [2.45, 2.75) is 25.5 Å². The van der Waals surface area contributed by atoms with Gasteiger partial charge in [-0.15, -0.1) is 0 Å². The van der Waals surface area contributed by atoms with Gasteiger partial charge in [0.15, 0.2) is 0 Å². The fourth-order valence-corrected chi connectivity index (χ4v) is 2.64. The Balaban J connectivity index is 2.90. The van der Waals surface area contributed by atoms with Crippen LogP contribution in [0.15, 0.2) is 40.5 Å². The summed E-state index contributed by atoms with van der Waals surface area (Å²) in [7, 11) is -1.70. The number of nitrogens with zero attached hydrogens (tertiary/aromatic N) is 2. The van der Waals surface area contributed by atoms with Crippen molar-refractivity contribution < 1.29 is 0 Å². The van der Waals surface area contributed by atoms with Gasteiger partial charge in [-0.25, -0.2) is 0 Å². The summed E-state index contributed by atoms with van der Waals surface area (Å²) in [6, 6.07) is 9.55. The molecule has 0 unspecified atom stereocenters. The summed E-state index contributed by atoms with van der Waals surface area (Å²) in [5, 5.41) is 14.0. The minimum atomic E-state index is -1.70. The van der Waals surface area contributed by atoms with E-state index in [1.54, 1.807) is 18.5 Å². The summed E-state index contributed by atoms with van der Waals surface area (Å²) in [5.74, 6) is 8.26. The summed E-state index contributed by atoms with van der Waals surface area (Å²) >= 11 is 6.02. The number of halogens is 1. The zero-order chi connectivity index (χ0) is 16.1. The molecule has 1 rings (SSSR count). The summed E-state index contributed by atoms with van der Waals surface area (Å²) in [5.41, 5.74) is 3.56. The molecule has 0 bridgehead atoms. The Morgan fingerprint density at radius 3 is 2.52 bits per heavy atom. The number of benzene rings is 1. The highest BCUT2D eigenvalue weighted by Crippen LogP contribution is 2.43. The van der Waals surface area contributed by atoms with E-state index in [4.69, 9.17) is 11.6 Å². The standard InChI is InChI=1S/C16H20ClN3S/c1-16(2,3)21(4,5)14(10-18)12-20-19-11-13-8-6-7-9-15(13)17/h6-9,11-12,20H,4-5H2,1-3H3/b14-12+,19-11+. The number of nitriles is 1. The highest BCUT2D eigenvalue weighted by atomic mass is 35.5. The number of nitrogens with one attached hydrogen (secondary N) is 1. The molecule has 1 aromatic carbocycles. The van der Waals surface area contributed by atoms with Crippen LogP contribution in [0.25, 0.3) is 0 Å². The second-order valence-corrected chi connectivity index (χ2v) is 9.36. The third-order valence-corrected chi connectivity index (χ3v) is 6.82. The molecule has 0 saturated heterocycles. The molecular formula is C16H20ClN3S. The predicted molar refractivity (Wildman–Crippen MR) is 97.5 cm³/mol. The highest BCUT2D eigenvalue weighted by Gasteiger charge is 2.21. The third kappa shape index (κ3) is 4.38. The largest absolute Gasteiger partial charge is 0.284 e. The lowest BCUT2D eigenvalue weighted by molar-refractivity contribution is 0.803. The summed E-state index contributed by atoms with van der Waals surface area (Å²) in [4.78, 5) is 0.520. The van der Waals surface area contributed by atoms with Crippen molar-refractivity contribution in [3.63, 3.8) is 0 Å². The van der Waals surface area contributed by atoms with Gasteiger partial charge in [0.1, 0.15) is 6.07 Å². The van der Waals surface area contributed by atoms with Crippen LogP contribution in [0.3, 0.4) is 0 Å². The van der Waals surface area contributed by atoms with Crippen LogP contribution in [-0.4, -0.2) is 22.7 Å². The fourth-order valence-electron chi connectivity index (χ4n) is 1.34. The molecule has 1 aromatic rings. The lowest BCUT2D eigenvalue weighted by Gasteiger charge is -2.29. The number of hydrogen-bond acceptors (Lipinski definition) is 3. The average Bonchev–Trinajstić information content (AvgIpc) is 2.39. The van der Waals surface area contributed by atoms with Crippen LogP contribution < -0.4 is 5.43 Å². The fraction of sp³-hybridized carbons (Fsp3) is 0.250. The van der Waals surface area contributed by atoms with Crippen molar-refractivity contribution in [3.05, 3.63) is 46.0 Å². The number of rotatable bonds is 4. The first-order valence-electron chi connectivity index (χ1n) is 6.32. The lowest BCUT2D eigenvalue weighted by Crippen LogP contribution is -2.15. The molecule has 0 heterocycles. The Morgan fingerprint density at radius 1 is 1.38 bits per heavy atom. The van der Waals surface area contributed by atoms with Gasteiger partial charge in [-0.2, -0.15) is 19.6 Å². The van der Waals surface area contributed by atoms with E-state index in [1.165, 1.54) is 0 Å². The van der Waals surface area contributed by atoms with Crippen LogP contribution in [-0.2, 0) is 0 Å². The van der Waals surface area contributed by atoms with Crippen LogP contribution in [0.1, 0.15) is 26.3 Å². The highest BCUT2D eigenvalue weighted by molar-refractivity contribution is 8.32. The SMILES string of the molecule is C=S(=C)(/C(C#N)=C/N/N=C/c1ccccc1Cl)C(C)(C)C. The van der Waals surface area contributed by atoms with Crippen molar-refractivity contribution in [1.82, 2.24) is 5.43 Å². The molecule has 3 nitrogen and oxygen atoms in total. The molecule has 0 aliphatic rings. The summed E-state index contributed by atoms with van der Waals surface area (Å²) in [6.45, 7) is 6.08. The van der Waals surface area contributed by atoms with Gasteiger partial charge in [-0.3, -0.25) is 5.43 Å². The first kappa shape index (κ1) is 17.4. The minimum Gasteiger partial charge on any atom is -0.284 e. The van der Waals surface area contributed by atoms with Gasteiger partial charge in [0.05, 0.1) is 11.1 Å². The first-order chi connectivity index (χ1) is 9.70. The predicted octanol–water partition coefficient (Wildman–Crippen LogP) is 4.10. The monoisotopic (exact) mass is 321 g/mol. The Morgan fingerprint density at radius 2 is 2.00 bits per heavy atom. The van der Waals surface area contributed by atoms with Crippen molar-refractivity contribution in [3.8, 4) is 6.07 Å². The van der Waals surface area contributed by atoms with Crippen molar-refractivity contribution >= 4 is 38.8 Å². The molecule has 21 heavy (non-hydrogen) atoms. The number of hydrazone groups is 1. The molecule has 0 amide bonds. The third-order valence-electron chi connectivity index (χ3n) is 3.08. The quantitative estimate of drug-likeness (QED) is 0.393. The molecular weight excluding hydrogens is 302 g/mol. The van der Waals surface area contributed by atoms with E-state index in [0.717, 1.165) is 5.56 Å². The van der Waals surface area contributed by atoms with E-state index in [2.05, 4.69) is 28.3 Å². The van der Waals surface area contributed by atoms with E-state index >= 15 is 0 Å². The maximum Gasteiger partial charge on any atom is 0.107 e. The van der Waals surface area contributed by atoms with Gasteiger partial charge in [0.25, 0.3) is 0 Å². The molecule has 0 saturated carbocycles. The van der Waals surface area contributed by atoms with Crippen LogP contribution >= 0.6 is 20.8 Å². The van der Waals surface area contributed by atoms with Crippen molar-refractivity contribution in [1.29, 1.82) is 5.26 Å². The van der Waals surface area contributed by atoms with Gasteiger partial charge < -0.3 is 0 Å². The number of hydrogen-bond donors (Lipinski definition) is 1. The van der Waals surface area contributed by atoms with Crippen LogP contribution in [0.4, 0.5) is 0 Å². The molecule has 0 aliphatic heterocycles. The van der Waals surface area contributed by atoms with E-state index in [-0.39, 0.29) is 4.75 Å². The Bertz CT molecular complexity index is 702. The lowest BCUT2D eigenvalue weighted by atomic mass is 10.2. The summed E-state index contributed by atoms with van der Waals surface area (Å²) < 4.78 is -0.164. The van der Waals surface area contributed by atoms with Gasteiger partial charge in [0, 0.05) is 21.5 Å². The zero-order valence-corrected chi connectivity index (χ0v) is 14.1. The first-order valence-corrected chi connectivity index (χ1v) is 8.67. The molecule has 0 spiro atoms. The van der Waals surface area contributed by atoms with Crippen molar-refractivity contribution in [2.24, 2.45) is 5.10 Å². The molecule has 0 aromatic heterocycles. The molecule has 0 atom stereocenters. The van der Waals surface area contributed by atoms with Crippen LogP contribution in [0, 0.1) is 11.3 Å². The second kappa shape index (κ2) is 6.84. The maximum absolute atomic E-state index is 9.30. The molecule has 0 radical (unpaired) electrons. The van der Waals surface area contributed by atoms with E-state index in [1.807, 2.05) is 39.0 Å². The Kier molecular flexibility index (Phi) is 5.65. The van der Waals surface area contributed by atoms with Crippen molar-refractivity contribution in [2.75, 3.05) is 0 Å². The average molecular weight is 322 g/mol. The molecule has 1 N–H and O–H groups in total. The molecule has 112 valence electrons. The zero-order valence-electron chi connectivity index (χ0n) is 12.6. The maximum atomic E-state index is 9.30. The van der Waals surface area contributed by atoms with Crippen LogP contribution in [0.2, 0.25) is 5.02 Å². The Labute approximate surface area is 132 Å².